The molecular weight excluding hydrogens is 575 g/mol. The number of benzene rings is 1. The zero-order valence-electron chi connectivity index (χ0n) is 24.0. The molecule has 3 fully saturated rings. The summed E-state index contributed by atoms with van der Waals surface area (Å²) in [5.74, 6) is 0.782. The van der Waals surface area contributed by atoms with E-state index in [1.165, 1.54) is 6.07 Å². The number of rotatable bonds is 7. The van der Waals surface area contributed by atoms with Gasteiger partial charge in [0.05, 0.1) is 23.2 Å². The molecule has 44 heavy (non-hydrogen) atoms. The number of nitrogens with zero attached hydrogens (tertiary/aromatic N) is 6. The van der Waals surface area contributed by atoms with Crippen LogP contribution in [0.25, 0.3) is 22.4 Å². The predicted molar refractivity (Wildman–Crippen MR) is 155 cm³/mol. The number of halogens is 3. The first-order valence-corrected chi connectivity index (χ1v) is 15.1. The molecule has 1 saturated carbocycles. The van der Waals surface area contributed by atoms with Crippen molar-refractivity contribution in [2.45, 2.75) is 74.7 Å². The fourth-order valence-corrected chi connectivity index (χ4v) is 7.34. The highest BCUT2D eigenvalue weighted by Crippen LogP contribution is 2.42. The Morgan fingerprint density at radius 2 is 1.77 bits per heavy atom. The lowest BCUT2D eigenvalue weighted by Crippen LogP contribution is -2.48. The molecule has 10 nitrogen and oxygen atoms in total. The largest absolute Gasteiger partial charge is 0.416 e. The first-order valence-electron chi connectivity index (χ1n) is 15.1. The molecule has 0 bridgehead atoms. The first-order chi connectivity index (χ1) is 21.2. The maximum atomic E-state index is 13.2. The molecule has 3 atom stereocenters. The van der Waals surface area contributed by atoms with E-state index in [0.717, 1.165) is 56.5 Å². The maximum Gasteiger partial charge on any atom is 0.416 e. The third kappa shape index (κ3) is 5.42. The van der Waals surface area contributed by atoms with Crippen LogP contribution in [-0.2, 0) is 11.8 Å². The van der Waals surface area contributed by atoms with Gasteiger partial charge in [-0.15, -0.1) is 0 Å². The molecule has 5 heterocycles. The molecule has 3 aliphatic rings. The van der Waals surface area contributed by atoms with E-state index in [-0.39, 0.29) is 29.4 Å². The van der Waals surface area contributed by atoms with Crippen molar-refractivity contribution in [2.24, 2.45) is 0 Å². The maximum absolute atomic E-state index is 13.2. The number of nitrogens with one attached hydrogen (secondary N) is 1. The molecule has 13 heteroatoms. The van der Waals surface area contributed by atoms with Crippen LogP contribution in [0.15, 0.2) is 59.5 Å². The summed E-state index contributed by atoms with van der Waals surface area (Å²) in [4.78, 5) is 17.7. The Kier molecular flexibility index (Phi) is 7.51. The Bertz CT molecular complexity index is 1590. The van der Waals surface area contributed by atoms with E-state index in [1.54, 1.807) is 24.7 Å². The molecule has 1 unspecified atom stereocenters. The number of anilines is 1. The van der Waals surface area contributed by atoms with E-state index >= 15 is 0 Å². The smallest absolute Gasteiger partial charge is 0.384 e. The van der Waals surface area contributed by atoms with Gasteiger partial charge in [0.2, 0.25) is 0 Å². The Labute approximate surface area is 251 Å². The van der Waals surface area contributed by atoms with Crippen molar-refractivity contribution < 1.29 is 27.9 Å². The van der Waals surface area contributed by atoms with Gasteiger partial charge >= 0.3 is 6.18 Å². The van der Waals surface area contributed by atoms with E-state index in [1.807, 2.05) is 12.1 Å². The van der Waals surface area contributed by atoms with E-state index in [0.29, 0.717) is 36.4 Å². The minimum Gasteiger partial charge on any atom is -0.384 e. The summed E-state index contributed by atoms with van der Waals surface area (Å²) in [6.07, 6.45) is 4.61. The Morgan fingerprint density at radius 1 is 1.00 bits per heavy atom. The second kappa shape index (κ2) is 11.4. The lowest BCUT2D eigenvalue weighted by atomic mass is 9.79. The molecule has 232 valence electrons. The molecule has 3 aromatic heterocycles. The van der Waals surface area contributed by atoms with Crippen LogP contribution in [0, 0.1) is 0 Å². The van der Waals surface area contributed by atoms with Crippen molar-refractivity contribution in [1.82, 2.24) is 29.9 Å². The van der Waals surface area contributed by atoms with Crippen molar-refractivity contribution in [2.75, 3.05) is 25.0 Å². The second-order valence-corrected chi connectivity index (χ2v) is 12.1. The lowest BCUT2D eigenvalue weighted by molar-refractivity contribution is -0.137. The highest BCUT2D eigenvalue weighted by molar-refractivity contribution is 5.88. The van der Waals surface area contributed by atoms with E-state index in [4.69, 9.17) is 4.52 Å². The zero-order valence-corrected chi connectivity index (χ0v) is 24.0. The van der Waals surface area contributed by atoms with Crippen molar-refractivity contribution in [3.63, 3.8) is 0 Å². The standard InChI is InChI=1S/C31H34F3N7O3/c32-31(33,34)20-3-4-25-22(16-20)29(39-44-25)38-18-27(42)41-15-9-23-24(41)8-14-40(23)21-6-10-30(43,11-7-21)26-5-2-19(17-37-26)28-35-12-1-13-36-28/h1-5,12-13,16-17,21,23-24,27,42-43H,6-11,14-15,18H2,(H,38,39)/t21?,23-,24-,27?,30?/m0/s1. The Balaban J connectivity index is 0.946. The third-order valence-corrected chi connectivity index (χ3v) is 9.61. The number of alkyl halides is 3. The second-order valence-electron chi connectivity index (χ2n) is 12.1. The first kappa shape index (κ1) is 29.1. The van der Waals surface area contributed by atoms with Crippen molar-refractivity contribution in [1.29, 1.82) is 0 Å². The fourth-order valence-electron chi connectivity index (χ4n) is 7.34. The number of aliphatic hydroxyl groups is 2. The number of aromatic nitrogens is 4. The number of likely N-dealkylation sites (tertiary alicyclic amines) is 2. The Hall–Kier alpha value is -3.65. The molecule has 2 saturated heterocycles. The van der Waals surface area contributed by atoms with Crippen molar-refractivity contribution in [3.05, 3.63) is 66.2 Å². The van der Waals surface area contributed by atoms with Gasteiger partial charge < -0.3 is 20.1 Å². The summed E-state index contributed by atoms with van der Waals surface area (Å²) >= 11 is 0. The predicted octanol–water partition coefficient (Wildman–Crippen LogP) is 4.41. The van der Waals surface area contributed by atoms with Crippen LogP contribution in [0.2, 0.25) is 0 Å². The highest BCUT2D eigenvalue weighted by Gasteiger charge is 2.48. The zero-order chi connectivity index (χ0) is 30.5. The van der Waals surface area contributed by atoms with Crippen LogP contribution in [0.3, 0.4) is 0 Å². The summed E-state index contributed by atoms with van der Waals surface area (Å²) in [7, 11) is 0. The van der Waals surface area contributed by atoms with Crippen LogP contribution >= 0.6 is 0 Å². The number of pyridine rings is 1. The molecule has 3 N–H and O–H groups in total. The molecule has 0 amide bonds. The summed E-state index contributed by atoms with van der Waals surface area (Å²) < 4.78 is 44.8. The number of aliphatic hydroxyl groups excluding tert-OH is 1. The molecule has 7 rings (SSSR count). The van der Waals surface area contributed by atoms with Crippen LogP contribution in [0.1, 0.15) is 49.8 Å². The molecule has 1 aliphatic carbocycles. The molecule has 1 aromatic carbocycles. The number of hydrogen-bond donors (Lipinski definition) is 3. The quantitative estimate of drug-likeness (QED) is 0.278. The van der Waals surface area contributed by atoms with Gasteiger partial charge in [-0.05, 0) is 74.9 Å². The van der Waals surface area contributed by atoms with Gasteiger partial charge in [-0.25, -0.2) is 9.97 Å². The van der Waals surface area contributed by atoms with E-state index < -0.39 is 23.6 Å². The highest BCUT2D eigenvalue weighted by atomic mass is 19.4. The molecule has 2 aliphatic heterocycles. The summed E-state index contributed by atoms with van der Waals surface area (Å²) in [6, 6.07) is 9.62. The van der Waals surface area contributed by atoms with E-state index in [9.17, 15) is 23.4 Å². The van der Waals surface area contributed by atoms with Gasteiger partial charge in [-0.2, -0.15) is 13.2 Å². The average molecular weight is 610 g/mol. The normalized spacial score (nSPS) is 27.1. The average Bonchev–Trinajstić information content (AvgIpc) is 3.76. The summed E-state index contributed by atoms with van der Waals surface area (Å²) in [5, 5.41) is 29.7. The van der Waals surface area contributed by atoms with Crippen molar-refractivity contribution >= 4 is 16.8 Å². The minimum absolute atomic E-state index is 0.111. The number of fused-ring (bicyclic) bond motifs is 2. The van der Waals surface area contributed by atoms with Crippen LogP contribution in [0.5, 0.6) is 0 Å². The molecule has 0 spiro atoms. The fraction of sp³-hybridized carbons (Fsp3) is 0.484. The van der Waals surface area contributed by atoms with Crippen LogP contribution in [-0.4, -0.2) is 84.1 Å². The minimum atomic E-state index is -4.47. The van der Waals surface area contributed by atoms with Gasteiger partial charge in [0.25, 0.3) is 0 Å². The summed E-state index contributed by atoms with van der Waals surface area (Å²) in [5.41, 5.74) is -0.0214. The van der Waals surface area contributed by atoms with Gasteiger partial charge in [-0.1, -0.05) is 5.16 Å². The van der Waals surface area contributed by atoms with Crippen LogP contribution in [0.4, 0.5) is 19.0 Å². The molecular formula is C31H34F3N7O3. The van der Waals surface area contributed by atoms with E-state index in [2.05, 4.69) is 35.2 Å². The third-order valence-electron chi connectivity index (χ3n) is 9.61. The molecule has 4 aromatic rings. The Morgan fingerprint density at radius 3 is 2.50 bits per heavy atom. The SMILES string of the molecule is OC(CNc1noc2ccc(C(F)(F)F)cc12)N1CC[C@H]2[C@@H]1CCN2C1CCC(O)(c2ccc(-c3ncccn3)cn2)CC1. The lowest BCUT2D eigenvalue weighted by Gasteiger charge is -2.41. The van der Waals surface area contributed by atoms with Gasteiger partial charge in [-0.3, -0.25) is 14.8 Å². The van der Waals surface area contributed by atoms with Crippen molar-refractivity contribution in [3.8, 4) is 11.4 Å². The van der Waals surface area contributed by atoms with Gasteiger partial charge in [0.15, 0.2) is 17.2 Å². The topological polar surface area (TPSA) is 124 Å². The molecule has 0 radical (unpaired) electrons. The van der Waals surface area contributed by atoms with Gasteiger partial charge in [0.1, 0.15) is 11.8 Å². The van der Waals surface area contributed by atoms with Crippen LogP contribution < -0.4 is 5.32 Å². The summed E-state index contributed by atoms with van der Waals surface area (Å²) in [6.45, 7) is 1.76. The monoisotopic (exact) mass is 609 g/mol. The van der Waals surface area contributed by atoms with Gasteiger partial charge in [0, 0.05) is 55.4 Å². The number of hydrogen-bond acceptors (Lipinski definition) is 10.